The fourth-order valence-corrected chi connectivity index (χ4v) is 4.55. The maximum absolute atomic E-state index is 16.1. The van der Waals surface area contributed by atoms with Crippen molar-refractivity contribution >= 4 is 33.8 Å². The van der Waals surface area contributed by atoms with Gasteiger partial charge in [-0.25, -0.2) is 24.3 Å². The minimum Gasteiger partial charge on any atom is -0.321 e. The molecule has 0 spiro atoms. The van der Waals surface area contributed by atoms with Crippen molar-refractivity contribution in [2.45, 2.75) is 6.92 Å². The van der Waals surface area contributed by atoms with Crippen LogP contribution in [-0.4, -0.2) is 50.6 Å². The van der Waals surface area contributed by atoms with Crippen molar-refractivity contribution in [3.8, 4) is 28.3 Å². The molecule has 1 amide bonds. The zero-order valence-corrected chi connectivity index (χ0v) is 20.9. The van der Waals surface area contributed by atoms with Crippen LogP contribution in [0.5, 0.6) is 0 Å². The molecule has 40 heavy (non-hydrogen) atoms. The van der Waals surface area contributed by atoms with Crippen molar-refractivity contribution in [3.63, 3.8) is 0 Å². The number of carbonyl (C=O) groups is 1. The molecule has 0 atom stereocenters. The maximum Gasteiger partial charge on any atom is 0.255 e. The van der Waals surface area contributed by atoms with Crippen LogP contribution in [0, 0.1) is 12.7 Å². The molecule has 0 radical (unpaired) electrons. The minimum atomic E-state index is -0.555. The predicted molar refractivity (Wildman–Crippen MR) is 146 cm³/mol. The summed E-state index contributed by atoms with van der Waals surface area (Å²) in [5, 5.41) is 10.1. The normalized spacial score (nSPS) is 11.3. The number of anilines is 1. The highest BCUT2D eigenvalue weighted by atomic mass is 19.1. The number of rotatable bonds is 5. The highest BCUT2D eigenvalue weighted by Gasteiger charge is 2.22. The molecule has 1 aromatic carbocycles. The quantitative estimate of drug-likeness (QED) is 0.289. The predicted octanol–water partition coefficient (Wildman–Crippen LogP) is 4.84. The zero-order valence-electron chi connectivity index (χ0n) is 20.9. The van der Waals surface area contributed by atoms with Gasteiger partial charge in [0.25, 0.3) is 5.91 Å². The molecule has 0 aliphatic heterocycles. The topological polar surface area (TPSA) is 143 Å². The summed E-state index contributed by atoms with van der Waals surface area (Å²) in [5.74, 6) is -0.520. The van der Waals surface area contributed by atoms with Crippen molar-refractivity contribution in [3.05, 3.63) is 96.9 Å². The molecule has 0 saturated heterocycles. The van der Waals surface area contributed by atoms with Gasteiger partial charge in [-0.2, -0.15) is 5.10 Å². The van der Waals surface area contributed by atoms with E-state index < -0.39 is 5.82 Å². The van der Waals surface area contributed by atoms with Gasteiger partial charge in [0.05, 0.1) is 35.0 Å². The Balaban J connectivity index is 1.28. The molecular formula is C28H19FN10O. The number of imidazole rings is 2. The van der Waals surface area contributed by atoms with Crippen LogP contribution in [0.3, 0.4) is 0 Å². The third kappa shape index (κ3) is 3.95. The van der Waals surface area contributed by atoms with E-state index in [4.69, 9.17) is 4.98 Å². The van der Waals surface area contributed by atoms with E-state index in [2.05, 4.69) is 40.4 Å². The Morgan fingerprint density at radius 2 is 1.90 bits per heavy atom. The number of halogens is 1. The van der Waals surface area contributed by atoms with Crippen molar-refractivity contribution in [2.75, 3.05) is 5.32 Å². The Kier molecular flexibility index (Phi) is 5.37. The lowest BCUT2D eigenvalue weighted by molar-refractivity contribution is 0.102. The van der Waals surface area contributed by atoms with Gasteiger partial charge in [0.2, 0.25) is 0 Å². The maximum atomic E-state index is 16.1. The molecule has 6 heterocycles. The molecule has 0 aliphatic carbocycles. The Hall–Kier alpha value is -5.78. The summed E-state index contributed by atoms with van der Waals surface area (Å²) in [6, 6.07) is 12.3. The molecule has 7 aromatic rings. The Labute approximate surface area is 225 Å². The molecule has 12 heteroatoms. The largest absolute Gasteiger partial charge is 0.321 e. The molecule has 7 rings (SSSR count). The number of aromatic nitrogens is 9. The van der Waals surface area contributed by atoms with Crippen LogP contribution >= 0.6 is 0 Å². The van der Waals surface area contributed by atoms with Gasteiger partial charge < -0.3 is 14.9 Å². The van der Waals surface area contributed by atoms with Gasteiger partial charge in [0.15, 0.2) is 17.1 Å². The number of pyridine rings is 3. The molecule has 0 saturated carbocycles. The lowest BCUT2D eigenvalue weighted by Gasteiger charge is -2.08. The second-order valence-corrected chi connectivity index (χ2v) is 9.10. The van der Waals surface area contributed by atoms with E-state index in [1.165, 1.54) is 18.6 Å². The van der Waals surface area contributed by atoms with Crippen molar-refractivity contribution in [1.29, 1.82) is 0 Å². The third-order valence-corrected chi connectivity index (χ3v) is 6.45. The summed E-state index contributed by atoms with van der Waals surface area (Å²) in [6.45, 7) is 1.90. The summed E-state index contributed by atoms with van der Waals surface area (Å²) in [6.07, 6.45) is 9.65. The standard InChI is InChI=1S/C28H19FN10O/c1-15-13-39(14-33-15)20-7-8-31-26-23(20)35-27(36-26)24-21-22(29)19(12-32-25(21)38-37-24)17-9-18(11-30-10-17)34-28(40)16-5-3-2-4-6-16/h2-14H,1H3,(H,34,40)(H,31,35,36)(H,32,37,38). The van der Waals surface area contributed by atoms with Crippen LogP contribution in [0.1, 0.15) is 16.1 Å². The van der Waals surface area contributed by atoms with Gasteiger partial charge in [-0.05, 0) is 31.2 Å². The highest BCUT2D eigenvalue weighted by molar-refractivity contribution is 6.04. The number of carbonyl (C=O) groups excluding carboxylic acids is 1. The molecule has 0 fully saturated rings. The second kappa shape index (κ2) is 9.20. The smallest absolute Gasteiger partial charge is 0.255 e. The number of amides is 1. The van der Waals surface area contributed by atoms with E-state index in [1.54, 1.807) is 42.9 Å². The van der Waals surface area contributed by atoms with Crippen molar-refractivity contribution in [2.24, 2.45) is 0 Å². The van der Waals surface area contributed by atoms with Gasteiger partial charge in [-0.15, -0.1) is 0 Å². The fraction of sp³-hybridized carbons (Fsp3) is 0.0357. The van der Waals surface area contributed by atoms with Gasteiger partial charge in [0.1, 0.15) is 17.0 Å². The number of H-pyrrole nitrogens is 2. The number of aryl methyl sites for hydroxylation is 1. The first-order chi connectivity index (χ1) is 19.5. The van der Waals surface area contributed by atoms with E-state index in [-0.39, 0.29) is 28.2 Å². The first-order valence-corrected chi connectivity index (χ1v) is 12.3. The number of hydrogen-bond acceptors (Lipinski definition) is 7. The fourth-order valence-electron chi connectivity index (χ4n) is 4.55. The average molecular weight is 531 g/mol. The van der Waals surface area contributed by atoms with Crippen LogP contribution in [-0.2, 0) is 0 Å². The molecule has 0 bridgehead atoms. The third-order valence-electron chi connectivity index (χ3n) is 6.45. The zero-order chi connectivity index (χ0) is 27.2. The van der Waals surface area contributed by atoms with Crippen LogP contribution < -0.4 is 5.32 Å². The SMILES string of the molecule is Cc1cn(-c2ccnc3[nH]c(-c4n[nH]c5ncc(-c6cncc(NC(=O)c7ccccc7)c6)c(F)c45)nc23)cn1. The van der Waals surface area contributed by atoms with E-state index in [9.17, 15) is 4.79 Å². The van der Waals surface area contributed by atoms with Crippen LogP contribution in [0.4, 0.5) is 10.1 Å². The second-order valence-electron chi connectivity index (χ2n) is 9.10. The Morgan fingerprint density at radius 1 is 1.02 bits per heavy atom. The molecule has 0 aliphatic rings. The van der Waals surface area contributed by atoms with Crippen LogP contribution in [0.2, 0.25) is 0 Å². The molecular weight excluding hydrogens is 511 g/mol. The van der Waals surface area contributed by atoms with Gasteiger partial charge in [-0.3, -0.25) is 14.9 Å². The number of hydrogen-bond donors (Lipinski definition) is 3. The van der Waals surface area contributed by atoms with E-state index in [1.807, 2.05) is 29.8 Å². The van der Waals surface area contributed by atoms with Crippen LogP contribution in [0.15, 0.2) is 79.8 Å². The molecule has 0 unspecified atom stereocenters. The molecule has 6 aromatic heterocycles. The van der Waals surface area contributed by atoms with Crippen molar-refractivity contribution < 1.29 is 9.18 Å². The summed E-state index contributed by atoms with van der Waals surface area (Å²) in [4.78, 5) is 37.7. The Bertz CT molecular complexity index is 2040. The van der Waals surface area contributed by atoms with Crippen LogP contribution in [0.25, 0.3) is 50.5 Å². The lowest BCUT2D eigenvalue weighted by Crippen LogP contribution is -2.11. The number of fused-ring (bicyclic) bond motifs is 2. The number of aromatic amines is 2. The summed E-state index contributed by atoms with van der Waals surface area (Å²) < 4.78 is 18.0. The number of nitrogens with one attached hydrogen (secondary N) is 3. The van der Waals surface area contributed by atoms with E-state index in [0.29, 0.717) is 33.8 Å². The van der Waals surface area contributed by atoms with E-state index >= 15 is 4.39 Å². The minimum absolute atomic E-state index is 0.162. The first kappa shape index (κ1) is 23.3. The monoisotopic (exact) mass is 530 g/mol. The van der Waals surface area contributed by atoms with Crippen molar-refractivity contribution in [1.82, 2.24) is 44.7 Å². The van der Waals surface area contributed by atoms with Gasteiger partial charge in [-0.1, -0.05) is 18.2 Å². The molecule has 194 valence electrons. The highest BCUT2D eigenvalue weighted by Crippen LogP contribution is 2.33. The Morgan fingerprint density at radius 3 is 2.73 bits per heavy atom. The van der Waals surface area contributed by atoms with Gasteiger partial charge >= 0.3 is 0 Å². The summed E-state index contributed by atoms with van der Waals surface area (Å²) >= 11 is 0. The van der Waals surface area contributed by atoms with Gasteiger partial charge in [0, 0.05) is 41.5 Å². The van der Waals surface area contributed by atoms with E-state index in [0.717, 1.165) is 11.4 Å². The lowest BCUT2D eigenvalue weighted by atomic mass is 10.1. The first-order valence-electron chi connectivity index (χ1n) is 12.3. The number of benzene rings is 1. The summed E-state index contributed by atoms with van der Waals surface area (Å²) in [7, 11) is 0. The molecule has 3 N–H and O–H groups in total. The average Bonchev–Trinajstić information content (AvgIpc) is 3.72. The molecule has 11 nitrogen and oxygen atoms in total. The summed E-state index contributed by atoms with van der Waals surface area (Å²) in [5.41, 5.74) is 4.81. The number of nitrogens with zero attached hydrogens (tertiary/aromatic N) is 7.